The molecule has 0 unspecified atom stereocenters. The van der Waals surface area contributed by atoms with E-state index in [1.165, 1.54) is 6.20 Å². The van der Waals surface area contributed by atoms with Crippen molar-refractivity contribution in [2.75, 3.05) is 0 Å². The predicted molar refractivity (Wildman–Crippen MR) is 55.8 cm³/mol. The summed E-state index contributed by atoms with van der Waals surface area (Å²) in [5.41, 5.74) is -0.699. The summed E-state index contributed by atoms with van der Waals surface area (Å²) in [7, 11) is 0. The second-order valence-corrected chi connectivity index (χ2v) is 4.05. The van der Waals surface area contributed by atoms with Crippen LogP contribution in [0.5, 0.6) is 5.75 Å². The van der Waals surface area contributed by atoms with E-state index >= 15 is 0 Å². The molecular weight excluding hydrogens is 257 g/mol. The Bertz CT molecular complexity index is 369. The van der Waals surface area contributed by atoms with Crippen molar-refractivity contribution in [3.05, 3.63) is 18.5 Å². The van der Waals surface area contributed by atoms with Crippen molar-refractivity contribution < 1.29 is 69.1 Å². The molecule has 0 bridgehead atoms. The van der Waals surface area contributed by atoms with Gasteiger partial charge in [0.05, 0.1) is 12.3 Å². The molecule has 0 atom stereocenters. The van der Waals surface area contributed by atoms with Crippen molar-refractivity contribution in [3.8, 4) is 5.75 Å². The van der Waals surface area contributed by atoms with Gasteiger partial charge in [0.2, 0.25) is 0 Å². The Hall–Kier alpha value is 0.441. The maximum absolute atomic E-state index is 12.4. The van der Waals surface area contributed by atoms with Gasteiger partial charge in [-0.1, -0.05) is 5.46 Å². The van der Waals surface area contributed by atoms with Crippen molar-refractivity contribution in [3.63, 3.8) is 0 Å². The Balaban J connectivity index is 0.00000144. The van der Waals surface area contributed by atoms with E-state index in [9.17, 15) is 12.9 Å². The zero-order valence-electron chi connectivity index (χ0n) is 9.70. The molecular formula is C10H12BF3KNO. The molecule has 88 valence electrons. The normalized spacial score (nSPS) is 16.6. The third kappa shape index (κ3) is 4.55. The van der Waals surface area contributed by atoms with Crippen LogP contribution in [0.15, 0.2) is 18.5 Å². The molecule has 1 aliphatic rings. The number of aromatic nitrogens is 1. The fourth-order valence-corrected chi connectivity index (χ4v) is 1.88. The molecule has 0 spiro atoms. The second-order valence-electron chi connectivity index (χ2n) is 4.05. The SMILES string of the molecule is F[B-](F)(F)c1cncc(OC2CCCC2)c1.[K+]. The van der Waals surface area contributed by atoms with E-state index in [4.69, 9.17) is 4.74 Å². The molecule has 0 N–H and O–H groups in total. The van der Waals surface area contributed by atoms with Crippen LogP contribution >= 0.6 is 0 Å². The summed E-state index contributed by atoms with van der Waals surface area (Å²) in [4.78, 5) is 3.56. The Labute approximate surface area is 141 Å². The van der Waals surface area contributed by atoms with Crippen LogP contribution in [0.3, 0.4) is 0 Å². The van der Waals surface area contributed by atoms with Crippen molar-refractivity contribution >= 4 is 12.4 Å². The van der Waals surface area contributed by atoms with Gasteiger partial charge in [0.15, 0.2) is 0 Å². The van der Waals surface area contributed by atoms with Gasteiger partial charge in [-0.15, -0.1) is 0 Å². The van der Waals surface area contributed by atoms with Crippen LogP contribution in [0.4, 0.5) is 12.9 Å². The van der Waals surface area contributed by atoms with Crippen LogP contribution < -0.4 is 61.6 Å². The number of ether oxygens (including phenoxy) is 1. The van der Waals surface area contributed by atoms with E-state index < -0.39 is 12.4 Å². The molecule has 1 fully saturated rings. The molecule has 0 saturated heterocycles. The van der Waals surface area contributed by atoms with Gasteiger partial charge in [-0.05, 0) is 31.7 Å². The maximum Gasteiger partial charge on any atom is 1.00 e. The molecule has 0 amide bonds. The first-order valence-corrected chi connectivity index (χ1v) is 5.37. The maximum atomic E-state index is 12.4. The molecule has 7 heteroatoms. The average molecular weight is 269 g/mol. The summed E-state index contributed by atoms with van der Waals surface area (Å²) in [6, 6.07) is 1.03. The number of hydrogen-bond acceptors (Lipinski definition) is 2. The van der Waals surface area contributed by atoms with Crippen LogP contribution in [0.2, 0.25) is 0 Å². The third-order valence-electron chi connectivity index (χ3n) is 2.72. The van der Waals surface area contributed by atoms with Crippen LogP contribution in [0.25, 0.3) is 0 Å². The van der Waals surface area contributed by atoms with E-state index in [2.05, 4.69) is 4.98 Å². The van der Waals surface area contributed by atoms with E-state index in [0.717, 1.165) is 37.9 Å². The first kappa shape index (κ1) is 15.5. The summed E-state index contributed by atoms with van der Waals surface area (Å²) in [5, 5.41) is 0. The zero-order chi connectivity index (χ0) is 11.6. The van der Waals surface area contributed by atoms with Gasteiger partial charge >= 0.3 is 58.4 Å². The van der Waals surface area contributed by atoms with E-state index in [1.807, 2.05) is 0 Å². The Morgan fingerprint density at radius 1 is 1.18 bits per heavy atom. The molecule has 0 radical (unpaired) electrons. The quantitative estimate of drug-likeness (QED) is 0.688. The molecule has 0 aliphatic heterocycles. The van der Waals surface area contributed by atoms with Crippen LogP contribution in [-0.4, -0.2) is 18.1 Å². The Kier molecular flexibility index (Phi) is 5.98. The van der Waals surface area contributed by atoms with Crippen molar-refractivity contribution in [1.29, 1.82) is 0 Å². The summed E-state index contributed by atoms with van der Waals surface area (Å²) in [5.74, 6) is 0.226. The van der Waals surface area contributed by atoms with Gasteiger partial charge in [0.25, 0.3) is 0 Å². The first-order valence-electron chi connectivity index (χ1n) is 5.37. The standard InChI is InChI=1S/C10H12BF3NO.K/c12-11(13,14)8-5-10(7-15-6-8)16-9-3-1-2-4-9;/h5-7,9H,1-4H2;/q-1;+1. The Morgan fingerprint density at radius 3 is 2.41 bits per heavy atom. The van der Waals surface area contributed by atoms with Crippen LogP contribution in [0, 0.1) is 0 Å². The molecule has 0 aromatic carbocycles. The molecule has 1 aromatic heterocycles. The van der Waals surface area contributed by atoms with E-state index in [0.29, 0.717) is 0 Å². The van der Waals surface area contributed by atoms with E-state index in [1.54, 1.807) is 0 Å². The van der Waals surface area contributed by atoms with Crippen molar-refractivity contribution in [2.45, 2.75) is 31.8 Å². The fraction of sp³-hybridized carbons (Fsp3) is 0.500. The van der Waals surface area contributed by atoms with Crippen LogP contribution in [0.1, 0.15) is 25.7 Å². The molecule has 1 aromatic rings. The fourth-order valence-electron chi connectivity index (χ4n) is 1.88. The monoisotopic (exact) mass is 269 g/mol. The molecule has 17 heavy (non-hydrogen) atoms. The van der Waals surface area contributed by atoms with E-state index in [-0.39, 0.29) is 63.2 Å². The molecule has 1 aliphatic carbocycles. The smallest absolute Gasteiger partial charge is 0.489 e. The topological polar surface area (TPSA) is 22.1 Å². The zero-order valence-corrected chi connectivity index (χ0v) is 12.8. The van der Waals surface area contributed by atoms with Gasteiger partial charge in [-0.25, -0.2) is 0 Å². The van der Waals surface area contributed by atoms with Crippen molar-refractivity contribution in [1.82, 2.24) is 4.98 Å². The number of halogens is 3. The number of nitrogens with zero attached hydrogens (tertiary/aromatic N) is 1. The van der Waals surface area contributed by atoms with Gasteiger partial charge in [-0.3, -0.25) is 4.98 Å². The minimum absolute atomic E-state index is 0. The van der Waals surface area contributed by atoms with Gasteiger partial charge < -0.3 is 17.7 Å². The summed E-state index contributed by atoms with van der Waals surface area (Å²) in [6.45, 7) is -4.99. The third-order valence-corrected chi connectivity index (χ3v) is 2.72. The predicted octanol–water partition coefficient (Wildman–Crippen LogP) is -0.539. The Morgan fingerprint density at radius 2 is 1.82 bits per heavy atom. The van der Waals surface area contributed by atoms with Crippen molar-refractivity contribution in [2.24, 2.45) is 0 Å². The van der Waals surface area contributed by atoms with Gasteiger partial charge in [0.1, 0.15) is 5.75 Å². The second kappa shape index (κ2) is 6.56. The summed E-state index contributed by atoms with van der Waals surface area (Å²) < 4.78 is 42.8. The number of rotatable bonds is 3. The first-order chi connectivity index (χ1) is 7.55. The molecule has 1 heterocycles. The average Bonchev–Trinajstić information content (AvgIpc) is 2.70. The molecule has 1 saturated carbocycles. The minimum Gasteiger partial charge on any atom is -0.489 e. The largest absolute Gasteiger partial charge is 1.00 e. The summed E-state index contributed by atoms with van der Waals surface area (Å²) >= 11 is 0. The van der Waals surface area contributed by atoms with Gasteiger partial charge in [-0.2, -0.15) is 0 Å². The summed E-state index contributed by atoms with van der Waals surface area (Å²) in [6.07, 6.45) is 6.23. The molecule has 2 rings (SSSR count). The number of pyridine rings is 1. The number of hydrogen-bond donors (Lipinski definition) is 0. The van der Waals surface area contributed by atoms with Crippen LogP contribution in [-0.2, 0) is 0 Å². The molecule has 2 nitrogen and oxygen atoms in total. The minimum atomic E-state index is -4.99. The van der Waals surface area contributed by atoms with Gasteiger partial charge in [0, 0.05) is 6.20 Å².